The van der Waals surface area contributed by atoms with E-state index in [1.54, 1.807) is 24.3 Å². The molecule has 0 saturated carbocycles. The van der Waals surface area contributed by atoms with E-state index in [0.717, 1.165) is 0 Å². The first-order chi connectivity index (χ1) is 11.0. The van der Waals surface area contributed by atoms with Crippen LogP contribution in [0, 0.1) is 0 Å². The van der Waals surface area contributed by atoms with Crippen LogP contribution in [0.2, 0.25) is 0 Å². The Morgan fingerprint density at radius 3 is 2.61 bits per heavy atom. The Bertz CT molecular complexity index is 618. The zero-order valence-electron chi connectivity index (χ0n) is 13.1. The van der Waals surface area contributed by atoms with E-state index in [4.69, 9.17) is 18.9 Å². The van der Waals surface area contributed by atoms with Crippen molar-refractivity contribution in [2.24, 2.45) is 0 Å². The lowest BCUT2D eigenvalue weighted by Crippen LogP contribution is -2.45. The van der Waals surface area contributed by atoms with Gasteiger partial charge in [-0.05, 0) is 24.3 Å². The number of methoxy groups -OCH3 is 2. The van der Waals surface area contributed by atoms with Gasteiger partial charge in [0.1, 0.15) is 12.4 Å². The van der Waals surface area contributed by atoms with Crippen molar-refractivity contribution in [2.45, 2.75) is 12.1 Å². The highest BCUT2D eigenvalue weighted by Gasteiger charge is 2.36. The molecule has 1 aromatic carbocycles. The van der Waals surface area contributed by atoms with Crippen molar-refractivity contribution in [2.75, 3.05) is 33.1 Å². The lowest BCUT2D eigenvalue weighted by Gasteiger charge is -2.27. The first-order valence-electron chi connectivity index (χ1n) is 7.09. The highest BCUT2D eigenvalue weighted by molar-refractivity contribution is 7.89. The summed E-state index contributed by atoms with van der Waals surface area (Å²) in [7, 11) is -0.590. The molecule has 1 aliphatic rings. The summed E-state index contributed by atoms with van der Waals surface area (Å²) in [5.41, 5.74) is 0. The number of sulfonamides is 1. The van der Waals surface area contributed by atoms with Crippen LogP contribution in [0.15, 0.2) is 42.5 Å². The van der Waals surface area contributed by atoms with Gasteiger partial charge in [0, 0.05) is 14.2 Å². The number of hydrogen-bond acceptors (Lipinski definition) is 6. The maximum atomic E-state index is 12.0. The molecule has 2 rings (SSSR count). The lowest BCUT2D eigenvalue weighted by atomic mass is 10.3. The molecule has 0 saturated heterocycles. The number of ether oxygens (including phenoxy) is 4. The Hall–Kier alpha value is -1.45. The lowest BCUT2D eigenvalue weighted by molar-refractivity contribution is -0.237. The van der Waals surface area contributed by atoms with Crippen molar-refractivity contribution in [3.05, 3.63) is 42.5 Å². The van der Waals surface area contributed by atoms with Crippen LogP contribution in [0.1, 0.15) is 0 Å². The van der Waals surface area contributed by atoms with E-state index in [1.807, 2.05) is 18.2 Å². The minimum absolute atomic E-state index is 0.0481. The van der Waals surface area contributed by atoms with Crippen molar-refractivity contribution < 1.29 is 27.4 Å². The second kappa shape index (κ2) is 7.89. The molecule has 0 amide bonds. The second-order valence-electron chi connectivity index (χ2n) is 4.90. The first-order valence-corrected chi connectivity index (χ1v) is 8.74. The fourth-order valence-corrected chi connectivity index (χ4v) is 2.85. The summed E-state index contributed by atoms with van der Waals surface area (Å²) in [5.74, 6) is -0.700. The molecule has 1 heterocycles. The van der Waals surface area contributed by atoms with Gasteiger partial charge >= 0.3 is 0 Å². The zero-order chi connectivity index (χ0) is 16.8. The van der Waals surface area contributed by atoms with Crippen LogP contribution in [-0.4, -0.2) is 53.6 Å². The van der Waals surface area contributed by atoms with Crippen LogP contribution in [0.5, 0.6) is 5.75 Å². The number of hydrogen-bond donors (Lipinski definition) is 1. The molecule has 1 N–H and O–H groups in total. The summed E-state index contributed by atoms with van der Waals surface area (Å²) >= 11 is 0. The highest BCUT2D eigenvalue weighted by atomic mass is 32.2. The Labute approximate surface area is 136 Å². The third-order valence-electron chi connectivity index (χ3n) is 3.30. The van der Waals surface area contributed by atoms with Crippen molar-refractivity contribution in [3.8, 4) is 5.75 Å². The van der Waals surface area contributed by atoms with Crippen molar-refractivity contribution in [3.63, 3.8) is 0 Å². The molecule has 23 heavy (non-hydrogen) atoms. The van der Waals surface area contributed by atoms with Gasteiger partial charge in [0.15, 0.2) is 6.29 Å². The Kier molecular flexibility index (Phi) is 6.14. The fourth-order valence-electron chi connectivity index (χ4n) is 1.98. The van der Waals surface area contributed by atoms with Gasteiger partial charge < -0.3 is 18.9 Å². The van der Waals surface area contributed by atoms with E-state index in [2.05, 4.69) is 4.72 Å². The van der Waals surface area contributed by atoms with Gasteiger partial charge in [-0.25, -0.2) is 13.1 Å². The Morgan fingerprint density at radius 2 is 2.00 bits per heavy atom. The molecule has 8 heteroatoms. The van der Waals surface area contributed by atoms with E-state index in [9.17, 15) is 8.42 Å². The monoisotopic (exact) mass is 343 g/mol. The molecule has 0 aromatic heterocycles. The SMILES string of the molecule is COC1C=CC(CNS(=O)(=O)CCOc2ccccc2)(OC)O1. The predicted octanol–water partition coefficient (Wildman–Crippen LogP) is 0.886. The maximum absolute atomic E-state index is 12.0. The number of para-hydroxylation sites is 1. The topological polar surface area (TPSA) is 83.1 Å². The summed E-state index contributed by atoms with van der Waals surface area (Å²) in [4.78, 5) is 0. The molecule has 1 aliphatic heterocycles. The predicted molar refractivity (Wildman–Crippen MR) is 84.5 cm³/mol. The second-order valence-corrected chi connectivity index (χ2v) is 6.82. The summed E-state index contributed by atoms with van der Waals surface area (Å²) in [6.07, 6.45) is 2.74. The van der Waals surface area contributed by atoms with Crippen LogP contribution >= 0.6 is 0 Å². The Morgan fingerprint density at radius 1 is 1.26 bits per heavy atom. The van der Waals surface area contributed by atoms with Gasteiger partial charge in [-0.3, -0.25) is 0 Å². The van der Waals surface area contributed by atoms with Gasteiger partial charge in [-0.2, -0.15) is 0 Å². The highest BCUT2D eigenvalue weighted by Crippen LogP contribution is 2.24. The van der Waals surface area contributed by atoms with E-state index < -0.39 is 22.1 Å². The quantitative estimate of drug-likeness (QED) is 0.671. The van der Waals surface area contributed by atoms with Crippen LogP contribution in [-0.2, 0) is 24.2 Å². The van der Waals surface area contributed by atoms with E-state index in [0.29, 0.717) is 5.75 Å². The molecule has 2 unspecified atom stereocenters. The standard InChI is InChI=1S/C15H21NO6S/c1-19-14-8-9-15(20-2,22-14)12-16-23(17,18)11-10-21-13-6-4-3-5-7-13/h3-9,14,16H,10-12H2,1-2H3. The molecule has 1 aromatic rings. The van der Waals surface area contributed by atoms with Gasteiger partial charge in [0.25, 0.3) is 0 Å². The molecule has 0 bridgehead atoms. The van der Waals surface area contributed by atoms with Crippen molar-refractivity contribution in [1.29, 1.82) is 0 Å². The van der Waals surface area contributed by atoms with Crippen molar-refractivity contribution in [1.82, 2.24) is 4.72 Å². The average molecular weight is 343 g/mol. The molecule has 7 nitrogen and oxygen atoms in total. The molecule has 0 radical (unpaired) electrons. The number of nitrogens with one attached hydrogen (secondary N) is 1. The normalized spacial score (nSPS) is 24.0. The van der Waals surface area contributed by atoms with Crippen LogP contribution in [0.3, 0.4) is 0 Å². The van der Waals surface area contributed by atoms with Gasteiger partial charge in [-0.15, -0.1) is 0 Å². The average Bonchev–Trinajstić information content (AvgIpc) is 2.98. The molecular formula is C15H21NO6S. The van der Waals surface area contributed by atoms with E-state index in [1.165, 1.54) is 14.2 Å². The smallest absolute Gasteiger partial charge is 0.215 e. The van der Waals surface area contributed by atoms with Crippen molar-refractivity contribution >= 4 is 10.0 Å². The molecule has 2 atom stereocenters. The van der Waals surface area contributed by atoms with Crippen LogP contribution in [0.4, 0.5) is 0 Å². The largest absolute Gasteiger partial charge is 0.492 e. The molecule has 0 fully saturated rings. The number of rotatable bonds is 9. The maximum Gasteiger partial charge on any atom is 0.215 e. The molecule has 0 spiro atoms. The zero-order valence-corrected chi connectivity index (χ0v) is 13.9. The summed E-state index contributed by atoms with van der Waals surface area (Å²) in [6.45, 7) is 0.00422. The van der Waals surface area contributed by atoms with Crippen LogP contribution < -0.4 is 9.46 Å². The third kappa shape index (κ3) is 5.29. The molecule has 0 aliphatic carbocycles. The summed E-state index contributed by atoms with van der Waals surface area (Å²) in [5, 5.41) is 0. The van der Waals surface area contributed by atoms with Crippen LogP contribution in [0.25, 0.3) is 0 Å². The van der Waals surface area contributed by atoms with Gasteiger partial charge in [0.05, 0.1) is 12.3 Å². The van der Waals surface area contributed by atoms with E-state index in [-0.39, 0.29) is 18.9 Å². The first kappa shape index (κ1) is 17.9. The fraction of sp³-hybridized carbons (Fsp3) is 0.467. The minimum atomic E-state index is -3.52. The van der Waals surface area contributed by atoms with Gasteiger partial charge in [-0.1, -0.05) is 18.2 Å². The summed E-state index contributed by atoms with van der Waals surface area (Å²) < 4.78 is 47.7. The van der Waals surface area contributed by atoms with Gasteiger partial charge in [0.2, 0.25) is 15.8 Å². The molecular weight excluding hydrogens is 322 g/mol. The molecule has 128 valence electrons. The minimum Gasteiger partial charge on any atom is -0.492 e. The Balaban J connectivity index is 1.80. The summed E-state index contributed by atoms with van der Waals surface area (Å²) in [6, 6.07) is 9.03. The van der Waals surface area contributed by atoms with E-state index >= 15 is 0 Å². The number of benzene rings is 1. The third-order valence-corrected chi connectivity index (χ3v) is 4.59.